The largest absolute Gasteiger partial charge is 0.401 e. The van der Waals surface area contributed by atoms with Gasteiger partial charge in [-0.05, 0) is 58.3 Å². The molecule has 3 N–H and O–H groups in total. The van der Waals surface area contributed by atoms with Crippen LogP contribution in [0.1, 0.15) is 78.2 Å². The third-order valence-corrected chi connectivity index (χ3v) is 10.6. The van der Waals surface area contributed by atoms with E-state index in [2.05, 4.69) is 50.9 Å². The first-order chi connectivity index (χ1) is 28.1. The fourth-order valence-corrected chi connectivity index (χ4v) is 6.99. The number of anilines is 1. The molecule has 2 aliphatic heterocycles. The summed E-state index contributed by atoms with van der Waals surface area (Å²) in [6.07, 6.45) is 4.01. The van der Waals surface area contributed by atoms with Gasteiger partial charge in [-0.25, -0.2) is 28.7 Å². The van der Waals surface area contributed by atoms with Gasteiger partial charge in [-0.2, -0.15) is 23.4 Å². The zero-order valence-electron chi connectivity index (χ0n) is 32.0. The van der Waals surface area contributed by atoms with Gasteiger partial charge in [-0.3, -0.25) is 34.8 Å². The lowest BCUT2D eigenvalue weighted by Gasteiger charge is -2.31. The average Bonchev–Trinajstić information content (AvgIpc) is 3.98. The lowest BCUT2D eigenvalue weighted by atomic mass is 9.92. The lowest BCUT2D eigenvalue weighted by Crippen LogP contribution is -2.49. The van der Waals surface area contributed by atoms with E-state index in [0.717, 1.165) is 51.0 Å². The van der Waals surface area contributed by atoms with Gasteiger partial charge in [0.2, 0.25) is 11.7 Å². The van der Waals surface area contributed by atoms with Crippen molar-refractivity contribution in [2.24, 2.45) is 0 Å². The molecular formula is C38H37F4N13O4. The summed E-state index contributed by atoms with van der Waals surface area (Å²) >= 11 is 0. The number of likely N-dealkylation sites (tertiary alicyclic amines) is 1. The number of amides is 4. The summed E-state index contributed by atoms with van der Waals surface area (Å²) in [4.78, 5) is 57.8. The van der Waals surface area contributed by atoms with Gasteiger partial charge in [-0.15, -0.1) is 0 Å². The van der Waals surface area contributed by atoms with Crippen molar-refractivity contribution >= 4 is 29.0 Å². The van der Waals surface area contributed by atoms with E-state index in [1.165, 1.54) is 23.2 Å². The molecule has 7 heterocycles. The number of H-pyrrole nitrogens is 1. The number of nitrogens with one attached hydrogen (secondary N) is 3. The number of hydrogen-bond acceptors (Lipinski definition) is 12. The molecular weight excluding hydrogens is 778 g/mol. The van der Waals surface area contributed by atoms with Gasteiger partial charge in [0, 0.05) is 54.5 Å². The van der Waals surface area contributed by atoms with Crippen LogP contribution in [0.4, 0.5) is 28.0 Å². The monoisotopic (exact) mass is 815 g/mol. The van der Waals surface area contributed by atoms with Crippen molar-refractivity contribution in [3.05, 3.63) is 89.2 Å². The number of aromatic amines is 1. The lowest BCUT2D eigenvalue weighted by molar-refractivity contribution is -0.182. The molecule has 0 spiro atoms. The summed E-state index contributed by atoms with van der Waals surface area (Å²) in [5.41, 5.74) is 2.10. The number of hydrogen-bond donors (Lipinski definition) is 3. The van der Waals surface area contributed by atoms with Gasteiger partial charge < -0.3 is 9.84 Å². The molecule has 21 heteroatoms. The minimum absolute atomic E-state index is 0.0177. The summed E-state index contributed by atoms with van der Waals surface area (Å²) in [5, 5.41) is 19.2. The highest BCUT2D eigenvalue weighted by molar-refractivity contribution is 6.07. The number of halogens is 4. The van der Waals surface area contributed by atoms with Crippen LogP contribution in [0.5, 0.6) is 0 Å². The van der Waals surface area contributed by atoms with E-state index in [1.807, 2.05) is 12.3 Å². The number of imide groups is 1. The highest BCUT2D eigenvalue weighted by atomic mass is 19.4. The van der Waals surface area contributed by atoms with Crippen LogP contribution < -0.4 is 15.5 Å². The first-order valence-corrected chi connectivity index (χ1v) is 18.7. The second kappa shape index (κ2) is 15.3. The van der Waals surface area contributed by atoms with Crippen molar-refractivity contribution in [3.63, 3.8) is 0 Å². The molecule has 0 atom stereocenters. The molecule has 59 heavy (non-hydrogen) atoms. The SMILES string of the molecule is Cc1nc(-c2cc(C(=O)NCc3nc(C(C)(C)C(F)(F)F)n[nH]3)on2)ncc1-c1ccc(CN2CCC(c3cn4ncc(N5CCC(=O)NC5=O)c4cn3)CC2)cc1F. The van der Waals surface area contributed by atoms with Crippen molar-refractivity contribution in [2.45, 2.75) is 70.6 Å². The summed E-state index contributed by atoms with van der Waals surface area (Å²) in [6.45, 7) is 5.77. The Balaban J connectivity index is 0.852. The molecule has 306 valence electrons. The van der Waals surface area contributed by atoms with Gasteiger partial charge in [0.15, 0.2) is 17.3 Å². The summed E-state index contributed by atoms with van der Waals surface area (Å²) in [6, 6.07) is 5.92. The van der Waals surface area contributed by atoms with Crippen molar-refractivity contribution in [2.75, 3.05) is 24.5 Å². The maximum absolute atomic E-state index is 15.6. The number of alkyl halides is 3. The Bertz CT molecular complexity index is 2580. The molecule has 1 aromatic carbocycles. The van der Waals surface area contributed by atoms with Crippen molar-refractivity contribution in [1.82, 2.24) is 60.4 Å². The van der Waals surface area contributed by atoms with Gasteiger partial charge in [0.25, 0.3) is 5.91 Å². The first-order valence-electron chi connectivity index (χ1n) is 18.7. The average molecular weight is 816 g/mol. The smallest absolute Gasteiger partial charge is 0.350 e. The van der Waals surface area contributed by atoms with Gasteiger partial charge in [0.05, 0.1) is 36.5 Å². The highest BCUT2D eigenvalue weighted by Gasteiger charge is 2.51. The maximum atomic E-state index is 15.6. The molecule has 8 rings (SSSR count). The third-order valence-electron chi connectivity index (χ3n) is 10.6. The number of rotatable bonds is 10. The number of carbonyl (C=O) groups excluding carboxylic acids is 3. The molecule has 2 fully saturated rings. The van der Waals surface area contributed by atoms with E-state index in [4.69, 9.17) is 9.51 Å². The summed E-state index contributed by atoms with van der Waals surface area (Å²) in [5.74, 6) is -1.73. The molecule has 0 saturated carbocycles. The standard InChI is InChI=1S/C38H37F4N13O4/c1-20-24(14-44-33(47-20)26-13-30(59-52-26)34(57)45-17-31-48-35(51-50-31)37(2,3)38(40,41)42)23-5-4-21(12-25(23)39)18-53-9-6-22(7-10-53)27-19-55-29(15-43-27)28(16-46-55)54-11-8-32(56)49-36(54)58/h4-5,12-16,19,22H,6-11,17-18H2,1-3H3,(H,45,57)(H,48,50,51)(H,49,56,58). The van der Waals surface area contributed by atoms with Crippen LogP contribution >= 0.6 is 0 Å². The first kappa shape index (κ1) is 39.2. The van der Waals surface area contributed by atoms with Gasteiger partial charge in [0.1, 0.15) is 22.6 Å². The van der Waals surface area contributed by atoms with E-state index >= 15 is 4.39 Å². The summed E-state index contributed by atoms with van der Waals surface area (Å²) < 4.78 is 62.5. The Morgan fingerprint density at radius 3 is 2.54 bits per heavy atom. The number of piperidine rings is 1. The fraction of sp³-hybridized carbons (Fsp3) is 0.368. The number of fused-ring (bicyclic) bond motifs is 1. The Morgan fingerprint density at radius 2 is 1.81 bits per heavy atom. The van der Waals surface area contributed by atoms with Crippen LogP contribution in [0.15, 0.2) is 53.6 Å². The Labute approximate surface area is 332 Å². The number of aromatic nitrogens is 9. The van der Waals surface area contributed by atoms with Gasteiger partial charge in [-0.1, -0.05) is 17.3 Å². The second-order valence-corrected chi connectivity index (χ2v) is 15.0. The van der Waals surface area contributed by atoms with E-state index in [-0.39, 0.29) is 54.4 Å². The van der Waals surface area contributed by atoms with Crippen LogP contribution in [0, 0.1) is 12.7 Å². The maximum Gasteiger partial charge on any atom is 0.401 e. The predicted octanol–water partition coefficient (Wildman–Crippen LogP) is 5.00. The Morgan fingerprint density at radius 1 is 1.02 bits per heavy atom. The highest BCUT2D eigenvalue weighted by Crippen LogP contribution is 2.38. The molecule has 0 bridgehead atoms. The zero-order valence-corrected chi connectivity index (χ0v) is 32.0. The number of carbonyl (C=O) groups is 3. The number of benzene rings is 1. The molecule has 0 radical (unpaired) electrons. The number of aryl methyl sites for hydroxylation is 1. The van der Waals surface area contributed by atoms with E-state index < -0.39 is 35.2 Å². The van der Waals surface area contributed by atoms with Crippen LogP contribution in [0.2, 0.25) is 0 Å². The van der Waals surface area contributed by atoms with E-state index in [9.17, 15) is 27.6 Å². The molecule has 0 unspecified atom stereocenters. The Hall–Kier alpha value is -6.64. The number of urea groups is 1. The van der Waals surface area contributed by atoms with Crippen molar-refractivity contribution < 1.29 is 36.5 Å². The molecule has 4 amide bonds. The van der Waals surface area contributed by atoms with Gasteiger partial charge >= 0.3 is 12.2 Å². The van der Waals surface area contributed by atoms with E-state index in [1.54, 1.807) is 29.9 Å². The molecule has 2 saturated heterocycles. The molecule has 6 aromatic rings. The molecule has 5 aromatic heterocycles. The normalized spacial score (nSPS) is 15.9. The van der Waals surface area contributed by atoms with Crippen LogP contribution in [0.3, 0.4) is 0 Å². The third kappa shape index (κ3) is 7.84. The zero-order chi connectivity index (χ0) is 41.6. The predicted molar refractivity (Wildman–Crippen MR) is 200 cm³/mol. The van der Waals surface area contributed by atoms with Crippen LogP contribution in [0.25, 0.3) is 28.2 Å². The topological polar surface area (TPSA) is 205 Å². The number of nitrogens with zero attached hydrogens (tertiary/aromatic N) is 10. The Kier molecular flexibility index (Phi) is 10.1. The van der Waals surface area contributed by atoms with Crippen molar-refractivity contribution in [3.8, 4) is 22.6 Å². The van der Waals surface area contributed by atoms with E-state index in [0.29, 0.717) is 34.6 Å². The molecule has 17 nitrogen and oxygen atoms in total. The quantitative estimate of drug-likeness (QED) is 0.156. The molecule has 2 aliphatic rings. The summed E-state index contributed by atoms with van der Waals surface area (Å²) in [7, 11) is 0. The second-order valence-electron chi connectivity index (χ2n) is 15.0. The van der Waals surface area contributed by atoms with Crippen molar-refractivity contribution in [1.29, 1.82) is 0 Å². The molecule has 0 aliphatic carbocycles. The van der Waals surface area contributed by atoms with Crippen LogP contribution in [-0.2, 0) is 23.3 Å². The minimum Gasteiger partial charge on any atom is -0.350 e. The van der Waals surface area contributed by atoms with Crippen LogP contribution in [-0.4, -0.2) is 93.5 Å². The minimum atomic E-state index is -4.57. The fourth-order valence-electron chi connectivity index (χ4n) is 6.99.